The predicted octanol–water partition coefficient (Wildman–Crippen LogP) is 5.08. The molecule has 0 bridgehead atoms. The summed E-state index contributed by atoms with van der Waals surface area (Å²) in [5.74, 6) is 0.117. The lowest BCUT2D eigenvalue weighted by molar-refractivity contribution is 0.102. The van der Waals surface area contributed by atoms with E-state index in [1.165, 1.54) is 42.7 Å². The van der Waals surface area contributed by atoms with Gasteiger partial charge in [0, 0.05) is 40.5 Å². The van der Waals surface area contributed by atoms with Gasteiger partial charge in [0.1, 0.15) is 5.75 Å². The fourth-order valence-electron chi connectivity index (χ4n) is 2.92. The van der Waals surface area contributed by atoms with Gasteiger partial charge < -0.3 is 10.1 Å². The van der Waals surface area contributed by atoms with Gasteiger partial charge in [0.05, 0.1) is 12.0 Å². The molecule has 0 aliphatic carbocycles. The van der Waals surface area contributed by atoms with Crippen LogP contribution in [0.1, 0.15) is 15.9 Å². The molecule has 0 radical (unpaired) electrons. The van der Waals surface area contributed by atoms with Crippen LogP contribution in [0.15, 0.2) is 71.6 Å². The zero-order valence-electron chi connectivity index (χ0n) is 16.8. The molecule has 0 aliphatic heterocycles. The molecule has 0 aliphatic rings. The lowest BCUT2D eigenvalue weighted by Crippen LogP contribution is -2.27. The van der Waals surface area contributed by atoms with Crippen LogP contribution in [0.5, 0.6) is 5.75 Å². The monoisotopic (exact) mass is 478 g/mol. The van der Waals surface area contributed by atoms with E-state index in [0.29, 0.717) is 32.6 Å². The standard InChI is InChI=1S/C22H20Cl2N2O4S/c1-26(31(28,29)20-9-7-17(23)8-10-20)14-16-12-15(6-11-21(16)30-2)22(27)25-19-5-3-4-18(24)13-19/h3-13H,14H2,1-2H3,(H,25,27). The molecular formula is C22H20Cl2N2O4S. The van der Waals surface area contributed by atoms with Crippen molar-refractivity contribution in [1.29, 1.82) is 0 Å². The number of nitrogens with one attached hydrogen (secondary N) is 1. The number of hydrogen-bond donors (Lipinski definition) is 1. The number of carbonyl (C=O) groups is 1. The summed E-state index contributed by atoms with van der Waals surface area (Å²) < 4.78 is 32.3. The molecule has 3 aromatic carbocycles. The number of hydrogen-bond acceptors (Lipinski definition) is 4. The van der Waals surface area contributed by atoms with Crippen molar-refractivity contribution in [2.75, 3.05) is 19.5 Å². The summed E-state index contributed by atoms with van der Waals surface area (Å²) in [6, 6.07) is 17.6. The second-order valence-corrected chi connectivity index (χ2v) is 9.62. The van der Waals surface area contributed by atoms with Crippen LogP contribution in [0.4, 0.5) is 5.69 Å². The minimum absolute atomic E-state index is 0.00637. The van der Waals surface area contributed by atoms with Gasteiger partial charge in [-0.3, -0.25) is 4.79 Å². The molecule has 0 saturated heterocycles. The first-order valence-corrected chi connectivity index (χ1v) is 11.4. The molecule has 0 unspecified atom stereocenters. The highest BCUT2D eigenvalue weighted by Crippen LogP contribution is 2.25. The Bertz CT molecular complexity index is 1200. The Hall–Kier alpha value is -2.58. The Morgan fingerprint density at radius 3 is 2.35 bits per heavy atom. The summed E-state index contributed by atoms with van der Waals surface area (Å²) in [7, 11) is -0.817. The number of halogens is 2. The minimum atomic E-state index is -3.76. The molecule has 3 aromatic rings. The van der Waals surface area contributed by atoms with Crippen molar-refractivity contribution in [3.05, 3.63) is 87.9 Å². The van der Waals surface area contributed by atoms with E-state index in [-0.39, 0.29) is 17.3 Å². The summed E-state index contributed by atoms with van der Waals surface area (Å²) in [4.78, 5) is 12.8. The SMILES string of the molecule is COc1ccc(C(=O)Nc2cccc(Cl)c2)cc1CN(C)S(=O)(=O)c1ccc(Cl)cc1. The second-order valence-electron chi connectivity index (χ2n) is 6.71. The number of nitrogens with zero attached hydrogens (tertiary/aromatic N) is 1. The number of sulfonamides is 1. The van der Waals surface area contributed by atoms with Crippen LogP contribution in [0, 0.1) is 0 Å². The predicted molar refractivity (Wildman–Crippen MR) is 123 cm³/mol. The van der Waals surface area contributed by atoms with Gasteiger partial charge in [-0.1, -0.05) is 29.3 Å². The first-order valence-electron chi connectivity index (χ1n) is 9.16. The van der Waals surface area contributed by atoms with Crippen LogP contribution in [-0.2, 0) is 16.6 Å². The fourth-order valence-corrected chi connectivity index (χ4v) is 4.39. The van der Waals surface area contributed by atoms with E-state index in [1.807, 2.05) is 0 Å². The molecule has 0 saturated carbocycles. The Morgan fingerprint density at radius 1 is 1.00 bits per heavy atom. The van der Waals surface area contributed by atoms with Gasteiger partial charge in [-0.25, -0.2) is 8.42 Å². The largest absolute Gasteiger partial charge is 0.496 e. The molecule has 0 aromatic heterocycles. The first-order chi connectivity index (χ1) is 14.7. The Kier molecular flexibility index (Phi) is 7.23. The molecule has 0 heterocycles. The van der Waals surface area contributed by atoms with Crippen molar-refractivity contribution in [3.63, 3.8) is 0 Å². The van der Waals surface area contributed by atoms with Crippen LogP contribution in [0.25, 0.3) is 0 Å². The van der Waals surface area contributed by atoms with Crippen molar-refractivity contribution in [2.24, 2.45) is 0 Å². The maximum Gasteiger partial charge on any atom is 0.255 e. The molecular weight excluding hydrogens is 459 g/mol. The molecule has 0 fully saturated rings. The van der Waals surface area contributed by atoms with Gasteiger partial charge in [0.2, 0.25) is 10.0 Å². The number of carbonyl (C=O) groups excluding carboxylic acids is 1. The van der Waals surface area contributed by atoms with Gasteiger partial charge in [-0.15, -0.1) is 0 Å². The molecule has 0 spiro atoms. The number of ether oxygens (including phenoxy) is 1. The number of benzene rings is 3. The van der Waals surface area contributed by atoms with Crippen molar-refractivity contribution in [3.8, 4) is 5.75 Å². The topological polar surface area (TPSA) is 75.7 Å². The highest BCUT2D eigenvalue weighted by atomic mass is 35.5. The van der Waals surface area contributed by atoms with Crippen LogP contribution in [0.3, 0.4) is 0 Å². The van der Waals surface area contributed by atoms with E-state index >= 15 is 0 Å². The zero-order valence-corrected chi connectivity index (χ0v) is 19.1. The van der Waals surface area contributed by atoms with Crippen LogP contribution in [-0.4, -0.2) is 32.8 Å². The van der Waals surface area contributed by atoms with Gasteiger partial charge in [0.25, 0.3) is 5.91 Å². The number of rotatable bonds is 7. The molecule has 9 heteroatoms. The van der Waals surface area contributed by atoms with Gasteiger partial charge in [0.15, 0.2) is 0 Å². The summed E-state index contributed by atoms with van der Waals surface area (Å²) in [6.07, 6.45) is 0. The molecule has 0 atom stereocenters. The Morgan fingerprint density at radius 2 is 1.71 bits per heavy atom. The lowest BCUT2D eigenvalue weighted by atomic mass is 10.1. The average molecular weight is 479 g/mol. The van der Waals surface area contributed by atoms with E-state index in [2.05, 4.69) is 5.32 Å². The molecule has 31 heavy (non-hydrogen) atoms. The van der Waals surface area contributed by atoms with E-state index in [0.717, 1.165) is 0 Å². The third kappa shape index (κ3) is 5.57. The van der Waals surface area contributed by atoms with Gasteiger partial charge in [-0.2, -0.15) is 4.31 Å². The van der Waals surface area contributed by atoms with E-state index in [4.69, 9.17) is 27.9 Å². The fraction of sp³-hybridized carbons (Fsp3) is 0.136. The highest BCUT2D eigenvalue weighted by molar-refractivity contribution is 7.89. The van der Waals surface area contributed by atoms with Crippen LogP contribution >= 0.6 is 23.2 Å². The molecule has 1 N–H and O–H groups in total. The van der Waals surface area contributed by atoms with Crippen molar-refractivity contribution in [1.82, 2.24) is 4.31 Å². The first kappa shape index (κ1) is 23.1. The quantitative estimate of drug-likeness (QED) is 0.513. The third-order valence-corrected chi connectivity index (χ3v) is 6.84. The Balaban J connectivity index is 1.85. The number of amides is 1. The average Bonchev–Trinajstić information content (AvgIpc) is 2.74. The molecule has 1 amide bonds. The smallest absolute Gasteiger partial charge is 0.255 e. The summed E-state index contributed by atoms with van der Waals surface area (Å²) >= 11 is 11.8. The van der Waals surface area contributed by atoms with E-state index in [9.17, 15) is 13.2 Å². The number of methoxy groups -OCH3 is 1. The third-order valence-electron chi connectivity index (χ3n) is 4.54. The Labute approximate surface area is 191 Å². The summed E-state index contributed by atoms with van der Waals surface area (Å²) in [6.45, 7) is 0.00637. The summed E-state index contributed by atoms with van der Waals surface area (Å²) in [5, 5.41) is 3.72. The molecule has 162 valence electrons. The second kappa shape index (κ2) is 9.70. The number of anilines is 1. The minimum Gasteiger partial charge on any atom is -0.496 e. The van der Waals surface area contributed by atoms with Crippen molar-refractivity contribution in [2.45, 2.75) is 11.4 Å². The van der Waals surface area contributed by atoms with Gasteiger partial charge in [-0.05, 0) is 60.7 Å². The van der Waals surface area contributed by atoms with Crippen molar-refractivity contribution >= 4 is 44.8 Å². The van der Waals surface area contributed by atoms with Crippen molar-refractivity contribution < 1.29 is 17.9 Å². The highest BCUT2D eigenvalue weighted by Gasteiger charge is 2.22. The maximum absolute atomic E-state index is 12.9. The zero-order chi connectivity index (χ0) is 22.6. The van der Waals surface area contributed by atoms with Crippen LogP contribution in [0.2, 0.25) is 10.0 Å². The normalized spacial score (nSPS) is 11.4. The van der Waals surface area contributed by atoms with Gasteiger partial charge >= 0.3 is 0 Å². The molecule has 3 rings (SSSR count). The molecule has 6 nitrogen and oxygen atoms in total. The van der Waals surface area contributed by atoms with E-state index < -0.39 is 10.0 Å². The van der Waals surface area contributed by atoms with Crippen LogP contribution < -0.4 is 10.1 Å². The van der Waals surface area contributed by atoms with E-state index in [1.54, 1.807) is 42.5 Å². The lowest BCUT2D eigenvalue weighted by Gasteiger charge is -2.19. The summed E-state index contributed by atoms with van der Waals surface area (Å²) in [5.41, 5.74) is 1.45. The maximum atomic E-state index is 12.9.